The Kier molecular flexibility index (Phi) is 6.15. The molecule has 1 saturated carbocycles. The standard InChI is InChI=1S/C16H28N4S/c1-4-8-13-19-14(17-5-2)11-15(20-13)18-12-16(21-3)9-6-7-10-16/h11H,4-10,12H2,1-3H3,(H2,17,18,19,20). The first-order valence-electron chi connectivity index (χ1n) is 8.12. The molecule has 1 fully saturated rings. The van der Waals surface area contributed by atoms with Gasteiger partial charge >= 0.3 is 0 Å². The predicted octanol–water partition coefficient (Wildman–Crippen LogP) is 3.95. The molecule has 0 bridgehead atoms. The number of aryl methyl sites for hydroxylation is 1. The van der Waals surface area contributed by atoms with Gasteiger partial charge in [0, 0.05) is 30.3 Å². The van der Waals surface area contributed by atoms with E-state index < -0.39 is 0 Å². The fraction of sp³-hybridized carbons (Fsp3) is 0.750. The van der Waals surface area contributed by atoms with Gasteiger partial charge in [-0.05, 0) is 32.4 Å². The highest BCUT2D eigenvalue weighted by Gasteiger charge is 2.32. The van der Waals surface area contributed by atoms with Crippen molar-refractivity contribution in [1.82, 2.24) is 9.97 Å². The molecule has 21 heavy (non-hydrogen) atoms. The van der Waals surface area contributed by atoms with Crippen molar-refractivity contribution in [3.63, 3.8) is 0 Å². The summed E-state index contributed by atoms with van der Waals surface area (Å²) in [5.41, 5.74) is 0. The molecule has 1 aliphatic carbocycles. The number of thioether (sulfide) groups is 1. The second kappa shape index (κ2) is 7.87. The maximum atomic E-state index is 4.66. The van der Waals surface area contributed by atoms with Crippen LogP contribution < -0.4 is 10.6 Å². The van der Waals surface area contributed by atoms with Gasteiger partial charge in [-0.3, -0.25) is 0 Å². The first kappa shape index (κ1) is 16.4. The number of nitrogens with one attached hydrogen (secondary N) is 2. The van der Waals surface area contributed by atoms with E-state index in [0.717, 1.165) is 43.4 Å². The third-order valence-corrected chi connectivity index (χ3v) is 5.56. The Morgan fingerprint density at radius 2 is 1.81 bits per heavy atom. The van der Waals surface area contributed by atoms with E-state index in [0.29, 0.717) is 4.75 Å². The molecule has 1 heterocycles. The van der Waals surface area contributed by atoms with Gasteiger partial charge in [0.05, 0.1) is 0 Å². The summed E-state index contributed by atoms with van der Waals surface area (Å²) in [5, 5.41) is 6.87. The van der Waals surface area contributed by atoms with Crippen LogP contribution in [0.1, 0.15) is 51.8 Å². The Morgan fingerprint density at radius 3 is 2.38 bits per heavy atom. The van der Waals surface area contributed by atoms with E-state index in [1.165, 1.54) is 25.7 Å². The quantitative estimate of drug-likeness (QED) is 0.761. The summed E-state index contributed by atoms with van der Waals surface area (Å²) in [5.74, 6) is 2.83. The van der Waals surface area contributed by atoms with Crippen LogP contribution in [0.2, 0.25) is 0 Å². The summed E-state index contributed by atoms with van der Waals surface area (Å²) in [4.78, 5) is 9.22. The van der Waals surface area contributed by atoms with Crippen LogP contribution in [0.3, 0.4) is 0 Å². The molecule has 2 N–H and O–H groups in total. The third-order valence-electron chi connectivity index (χ3n) is 4.14. The van der Waals surface area contributed by atoms with Crippen LogP contribution in [0.4, 0.5) is 11.6 Å². The van der Waals surface area contributed by atoms with Gasteiger partial charge in [-0.15, -0.1) is 0 Å². The fourth-order valence-electron chi connectivity index (χ4n) is 2.92. The molecule has 1 aliphatic rings. The van der Waals surface area contributed by atoms with Crippen LogP contribution in [0, 0.1) is 0 Å². The summed E-state index contributed by atoms with van der Waals surface area (Å²) < 4.78 is 0.397. The van der Waals surface area contributed by atoms with Crippen LogP contribution in [-0.2, 0) is 6.42 Å². The van der Waals surface area contributed by atoms with Crippen molar-refractivity contribution in [2.75, 3.05) is 30.0 Å². The second-order valence-electron chi connectivity index (χ2n) is 5.78. The van der Waals surface area contributed by atoms with E-state index in [2.05, 4.69) is 40.7 Å². The molecule has 0 spiro atoms. The number of aromatic nitrogens is 2. The normalized spacial score (nSPS) is 16.9. The van der Waals surface area contributed by atoms with Gasteiger partial charge in [0.25, 0.3) is 0 Å². The average Bonchev–Trinajstić information content (AvgIpc) is 2.95. The molecule has 5 heteroatoms. The number of rotatable bonds is 8. The molecule has 4 nitrogen and oxygen atoms in total. The summed E-state index contributed by atoms with van der Waals surface area (Å²) in [6.07, 6.45) is 9.58. The number of hydrogen-bond acceptors (Lipinski definition) is 5. The maximum absolute atomic E-state index is 4.66. The van der Waals surface area contributed by atoms with Gasteiger partial charge in [-0.25, -0.2) is 9.97 Å². The Labute approximate surface area is 132 Å². The van der Waals surface area contributed by atoms with E-state index in [4.69, 9.17) is 0 Å². The maximum Gasteiger partial charge on any atom is 0.133 e. The van der Waals surface area contributed by atoms with Crippen molar-refractivity contribution >= 4 is 23.4 Å². The summed E-state index contributed by atoms with van der Waals surface area (Å²) >= 11 is 2.01. The Balaban J connectivity index is 2.07. The van der Waals surface area contributed by atoms with Crippen LogP contribution in [0.15, 0.2) is 6.07 Å². The Hall–Kier alpha value is -0.970. The topological polar surface area (TPSA) is 49.8 Å². The molecular formula is C16H28N4S. The average molecular weight is 308 g/mol. The zero-order valence-electron chi connectivity index (χ0n) is 13.5. The number of nitrogens with zero attached hydrogens (tertiary/aromatic N) is 2. The third kappa shape index (κ3) is 4.50. The summed E-state index contributed by atoms with van der Waals surface area (Å²) in [6, 6.07) is 2.03. The zero-order valence-corrected chi connectivity index (χ0v) is 14.4. The minimum Gasteiger partial charge on any atom is -0.370 e. The van der Waals surface area contributed by atoms with Crippen LogP contribution in [-0.4, -0.2) is 34.1 Å². The first-order valence-corrected chi connectivity index (χ1v) is 9.34. The Morgan fingerprint density at radius 1 is 1.14 bits per heavy atom. The molecule has 1 aromatic heterocycles. The minimum absolute atomic E-state index is 0.397. The van der Waals surface area contributed by atoms with Gasteiger partial charge in [-0.1, -0.05) is 19.8 Å². The fourth-order valence-corrected chi connectivity index (χ4v) is 3.83. The van der Waals surface area contributed by atoms with Crippen LogP contribution >= 0.6 is 11.8 Å². The smallest absolute Gasteiger partial charge is 0.133 e. The van der Waals surface area contributed by atoms with Crippen LogP contribution in [0.5, 0.6) is 0 Å². The lowest BCUT2D eigenvalue weighted by molar-refractivity contribution is 0.638. The van der Waals surface area contributed by atoms with Crippen molar-refractivity contribution in [3.05, 3.63) is 11.9 Å². The van der Waals surface area contributed by atoms with E-state index in [1.807, 2.05) is 17.8 Å². The number of hydrogen-bond donors (Lipinski definition) is 2. The molecule has 0 radical (unpaired) electrons. The van der Waals surface area contributed by atoms with Crippen molar-refractivity contribution in [3.8, 4) is 0 Å². The summed E-state index contributed by atoms with van der Waals surface area (Å²) in [6.45, 7) is 6.15. The Bertz CT molecular complexity index is 420. The molecular weight excluding hydrogens is 280 g/mol. The van der Waals surface area contributed by atoms with Gasteiger partial charge in [0.2, 0.25) is 0 Å². The predicted molar refractivity (Wildman–Crippen MR) is 93.4 cm³/mol. The molecule has 1 aromatic rings. The van der Waals surface area contributed by atoms with Crippen LogP contribution in [0.25, 0.3) is 0 Å². The zero-order chi connectivity index (χ0) is 15.1. The van der Waals surface area contributed by atoms with Gasteiger partial charge in [0.1, 0.15) is 17.5 Å². The van der Waals surface area contributed by atoms with Crippen molar-refractivity contribution in [1.29, 1.82) is 0 Å². The van der Waals surface area contributed by atoms with Crippen molar-refractivity contribution in [2.45, 2.75) is 57.1 Å². The van der Waals surface area contributed by atoms with E-state index in [-0.39, 0.29) is 0 Å². The molecule has 0 aromatic carbocycles. The highest BCUT2D eigenvalue weighted by molar-refractivity contribution is 8.00. The monoisotopic (exact) mass is 308 g/mol. The highest BCUT2D eigenvalue weighted by atomic mass is 32.2. The molecule has 0 amide bonds. The second-order valence-corrected chi connectivity index (χ2v) is 7.06. The number of anilines is 2. The van der Waals surface area contributed by atoms with Crippen molar-refractivity contribution in [2.24, 2.45) is 0 Å². The molecule has 2 rings (SSSR count). The minimum atomic E-state index is 0.397. The molecule has 0 aliphatic heterocycles. The van der Waals surface area contributed by atoms with Gasteiger partial charge < -0.3 is 10.6 Å². The van der Waals surface area contributed by atoms with Crippen molar-refractivity contribution < 1.29 is 0 Å². The lowest BCUT2D eigenvalue weighted by atomic mass is 10.1. The molecule has 0 atom stereocenters. The van der Waals surface area contributed by atoms with E-state index in [9.17, 15) is 0 Å². The van der Waals surface area contributed by atoms with E-state index >= 15 is 0 Å². The van der Waals surface area contributed by atoms with E-state index in [1.54, 1.807) is 0 Å². The highest BCUT2D eigenvalue weighted by Crippen LogP contribution is 2.40. The lowest BCUT2D eigenvalue weighted by Crippen LogP contribution is -2.30. The molecule has 0 saturated heterocycles. The largest absolute Gasteiger partial charge is 0.370 e. The first-order chi connectivity index (χ1) is 10.2. The summed E-state index contributed by atoms with van der Waals surface area (Å²) in [7, 11) is 0. The SMILES string of the molecule is CCCc1nc(NCC)cc(NCC2(SC)CCCC2)n1. The van der Waals surface area contributed by atoms with Gasteiger partial charge in [0.15, 0.2) is 0 Å². The van der Waals surface area contributed by atoms with Gasteiger partial charge in [-0.2, -0.15) is 11.8 Å². The molecule has 0 unspecified atom stereocenters. The lowest BCUT2D eigenvalue weighted by Gasteiger charge is -2.27. The molecule has 118 valence electrons.